The zero-order valence-electron chi connectivity index (χ0n) is 13.6. The highest BCUT2D eigenvalue weighted by atomic mass is 35.5. The Morgan fingerprint density at radius 3 is 2.78 bits per heavy atom. The number of hydrogen-bond acceptors (Lipinski definition) is 6. The van der Waals surface area contributed by atoms with E-state index in [1.54, 1.807) is 23.7 Å². The number of halogens is 2. The van der Waals surface area contributed by atoms with Gasteiger partial charge in [0.2, 0.25) is 5.13 Å². The van der Waals surface area contributed by atoms with E-state index in [1.807, 2.05) is 30.3 Å². The number of fused-ring (bicyclic) bond motifs is 1. The number of thiazole rings is 1. The van der Waals surface area contributed by atoms with Crippen LogP contribution in [0.4, 0.5) is 5.13 Å². The summed E-state index contributed by atoms with van der Waals surface area (Å²) >= 11 is 13.4. The average molecular weight is 416 g/mol. The second-order valence-electron chi connectivity index (χ2n) is 5.57. The van der Waals surface area contributed by atoms with Crippen LogP contribution in [-0.2, 0) is 0 Å². The second-order valence-corrected chi connectivity index (χ2v) is 7.27. The third kappa shape index (κ3) is 3.88. The maximum atomic E-state index is 12.3. The summed E-state index contributed by atoms with van der Waals surface area (Å²) in [5, 5.41) is 7.84. The highest BCUT2D eigenvalue weighted by Crippen LogP contribution is 2.30. The summed E-state index contributed by atoms with van der Waals surface area (Å²) in [6, 6.07) is 14.6. The molecule has 0 amide bonds. The lowest BCUT2D eigenvalue weighted by molar-refractivity contribution is 0.563. The molecule has 0 saturated carbocycles. The van der Waals surface area contributed by atoms with Crippen LogP contribution in [0.25, 0.3) is 22.2 Å². The van der Waals surface area contributed by atoms with Crippen molar-refractivity contribution in [2.24, 2.45) is 5.10 Å². The molecule has 0 aliphatic heterocycles. The van der Waals surface area contributed by atoms with E-state index in [-0.39, 0.29) is 5.02 Å². The molecule has 0 aliphatic carbocycles. The summed E-state index contributed by atoms with van der Waals surface area (Å²) in [5.41, 5.74) is 4.43. The molecule has 0 saturated heterocycles. The van der Waals surface area contributed by atoms with Gasteiger partial charge in [-0.15, -0.1) is 11.3 Å². The van der Waals surface area contributed by atoms with Gasteiger partial charge in [-0.2, -0.15) is 5.10 Å². The molecule has 0 spiro atoms. The molecule has 4 aromatic rings. The first kappa shape index (κ1) is 17.7. The molecule has 0 aliphatic rings. The van der Waals surface area contributed by atoms with Crippen molar-refractivity contribution in [2.75, 3.05) is 5.43 Å². The Kier molecular flexibility index (Phi) is 4.94. The van der Waals surface area contributed by atoms with E-state index < -0.39 is 5.63 Å². The molecule has 0 unspecified atom stereocenters. The minimum atomic E-state index is -0.517. The lowest BCUT2D eigenvalue weighted by Crippen LogP contribution is -2.03. The van der Waals surface area contributed by atoms with Crippen LogP contribution >= 0.6 is 34.5 Å². The molecule has 27 heavy (non-hydrogen) atoms. The largest absolute Gasteiger partial charge is 0.421 e. The number of hydrogen-bond donors (Lipinski definition) is 1. The van der Waals surface area contributed by atoms with Crippen molar-refractivity contribution in [3.05, 3.63) is 79.9 Å². The fourth-order valence-corrected chi connectivity index (χ4v) is 3.69. The van der Waals surface area contributed by atoms with Crippen molar-refractivity contribution in [2.45, 2.75) is 0 Å². The van der Waals surface area contributed by atoms with Gasteiger partial charge in [-0.25, -0.2) is 9.78 Å². The van der Waals surface area contributed by atoms with Gasteiger partial charge in [-0.05, 0) is 23.8 Å². The summed E-state index contributed by atoms with van der Waals surface area (Å²) in [7, 11) is 0. The van der Waals surface area contributed by atoms with Crippen molar-refractivity contribution in [3.63, 3.8) is 0 Å². The van der Waals surface area contributed by atoms with Crippen molar-refractivity contribution in [1.29, 1.82) is 0 Å². The Hall–Kier alpha value is -2.67. The monoisotopic (exact) mass is 415 g/mol. The Balaban J connectivity index is 1.62. The van der Waals surface area contributed by atoms with Crippen molar-refractivity contribution < 1.29 is 4.42 Å². The predicted octanol–water partition coefficient (Wildman–Crippen LogP) is 5.67. The molecule has 0 fully saturated rings. The van der Waals surface area contributed by atoms with Crippen molar-refractivity contribution in [1.82, 2.24) is 4.98 Å². The van der Waals surface area contributed by atoms with E-state index >= 15 is 0 Å². The van der Waals surface area contributed by atoms with Crippen LogP contribution in [0.15, 0.2) is 68.2 Å². The maximum absolute atomic E-state index is 12.3. The van der Waals surface area contributed by atoms with Crippen LogP contribution in [0.2, 0.25) is 10.0 Å². The van der Waals surface area contributed by atoms with E-state index in [9.17, 15) is 4.79 Å². The minimum absolute atomic E-state index is 0.289. The summed E-state index contributed by atoms with van der Waals surface area (Å²) in [6.07, 6.45) is 1.69. The first-order valence-corrected chi connectivity index (χ1v) is 9.46. The number of nitrogens with one attached hydrogen (secondary N) is 1. The van der Waals surface area contributed by atoms with Gasteiger partial charge in [-0.1, -0.05) is 53.5 Å². The first-order valence-electron chi connectivity index (χ1n) is 7.83. The van der Waals surface area contributed by atoms with Crippen LogP contribution in [-0.4, -0.2) is 11.2 Å². The Labute approximate surface area is 167 Å². The number of benzene rings is 2. The van der Waals surface area contributed by atoms with E-state index in [1.165, 1.54) is 17.4 Å². The number of anilines is 1. The van der Waals surface area contributed by atoms with Gasteiger partial charge in [0, 0.05) is 15.8 Å². The number of aromatic nitrogens is 1. The molecule has 8 heteroatoms. The second kappa shape index (κ2) is 7.52. The molecular formula is C19H11Cl2N3O2S. The van der Waals surface area contributed by atoms with Crippen molar-refractivity contribution in [3.8, 4) is 11.3 Å². The van der Waals surface area contributed by atoms with E-state index in [0.29, 0.717) is 32.4 Å². The van der Waals surface area contributed by atoms with Crippen molar-refractivity contribution >= 4 is 56.9 Å². The van der Waals surface area contributed by atoms with Crippen LogP contribution < -0.4 is 11.1 Å². The van der Waals surface area contributed by atoms with Crippen LogP contribution in [0, 0.1) is 0 Å². The van der Waals surface area contributed by atoms with Crippen LogP contribution in [0.5, 0.6) is 0 Å². The molecule has 0 atom stereocenters. The zero-order valence-corrected chi connectivity index (χ0v) is 16.0. The number of hydrazone groups is 1. The summed E-state index contributed by atoms with van der Waals surface area (Å²) in [6.45, 7) is 0. The fraction of sp³-hybridized carbons (Fsp3) is 0. The molecule has 5 nitrogen and oxygen atoms in total. The lowest BCUT2D eigenvalue weighted by atomic mass is 10.1. The molecule has 2 heterocycles. The van der Waals surface area contributed by atoms with Crippen LogP contribution in [0.1, 0.15) is 5.56 Å². The van der Waals surface area contributed by atoms with Gasteiger partial charge < -0.3 is 4.42 Å². The van der Waals surface area contributed by atoms with E-state index in [0.717, 1.165) is 5.56 Å². The van der Waals surface area contributed by atoms with Gasteiger partial charge >= 0.3 is 5.63 Å². The van der Waals surface area contributed by atoms with Gasteiger partial charge in [0.25, 0.3) is 0 Å². The van der Waals surface area contributed by atoms with E-state index in [2.05, 4.69) is 15.5 Å². The molecule has 0 radical (unpaired) electrons. The third-order valence-electron chi connectivity index (χ3n) is 3.71. The SMILES string of the molecule is O=c1oc2c(Cl)cc(Cl)cc2cc1-c1csc(NN=Cc2ccccc2)n1. The first-order chi connectivity index (χ1) is 13.1. The third-order valence-corrected chi connectivity index (χ3v) is 4.95. The smallest absolute Gasteiger partial charge is 0.345 e. The predicted molar refractivity (Wildman–Crippen MR) is 111 cm³/mol. The summed E-state index contributed by atoms with van der Waals surface area (Å²) in [5.74, 6) is 0. The Morgan fingerprint density at radius 2 is 1.96 bits per heavy atom. The summed E-state index contributed by atoms with van der Waals surface area (Å²) < 4.78 is 5.35. The zero-order chi connectivity index (χ0) is 18.8. The quantitative estimate of drug-likeness (QED) is 0.265. The number of rotatable bonds is 4. The average Bonchev–Trinajstić information content (AvgIpc) is 3.11. The minimum Gasteiger partial charge on any atom is -0.421 e. The molecule has 134 valence electrons. The maximum Gasteiger partial charge on any atom is 0.345 e. The fourth-order valence-electron chi connectivity index (χ4n) is 2.49. The van der Waals surface area contributed by atoms with Gasteiger partial charge in [-0.3, -0.25) is 5.43 Å². The molecule has 0 bridgehead atoms. The molecule has 4 rings (SSSR count). The molecule has 1 N–H and O–H groups in total. The summed E-state index contributed by atoms with van der Waals surface area (Å²) in [4.78, 5) is 16.7. The molecular weight excluding hydrogens is 405 g/mol. The van der Waals surface area contributed by atoms with Crippen LogP contribution in [0.3, 0.4) is 0 Å². The highest BCUT2D eigenvalue weighted by molar-refractivity contribution is 7.14. The number of nitrogens with zero attached hydrogens (tertiary/aromatic N) is 2. The molecule has 2 aromatic carbocycles. The standard InChI is InChI=1S/C19H11Cl2N3O2S/c20-13-6-12-7-14(18(25)26-17(12)15(21)8-13)16-10-27-19(23-16)24-22-9-11-4-2-1-3-5-11/h1-10H,(H,23,24). The molecule has 2 aromatic heterocycles. The van der Waals surface area contributed by atoms with Gasteiger partial charge in [0.05, 0.1) is 22.5 Å². The Morgan fingerprint density at radius 1 is 1.15 bits per heavy atom. The van der Waals surface area contributed by atoms with E-state index in [4.69, 9.17) is 27.6 Å². The van der Waals surface area contributed by atoms with Gasteiger partial charge in [0.15, 0.2) is 5.58 Å². The topological polar surface area (TPSA) is 67.5 Å². The Bertz CT molecular complexity index is 1200. The highest BCUT2D eigenvalue weighted by Gasteiger charge is 2.13. The van der Waals surface area contributed by atoms with Gasteiger partial charge in [0.1, 0.15) is 0 Å². The normalized spacial score (nSPS) is 11.3. The lowest BCUT2D eigenvalue weighted by Gasteiger charge is -2.02.